The van der Waals surface area contributed by atoms with Gasteiger partial charge in [0.05, 0.1) is 26.2 Å². The summed E-state index contributed by atoms with van der Waals surface area (Å²) >= 11 is 0. The predicted molar refractivity (Wildman–Crippen MR) is 32.4 cm³/mol. The second-order valence-electron chi connectivity index (χ2n) is 2.18. The van der Waals surface area contributed by atoms with Crippen LogP contribution in [-0.2, 0) is 14.3 Å². The third kappa shape index (κ3) is 1.68. The minimum Gasteiger partial charge on any atom is -0.469 e. The van der Waals surface area contributed by atoms with E-state index in [1.807, 2.05) is 0 Å². The molecule has 58 valence electrons. The number of carbonyl (C=O) groups is 1. The lowest BCUT2D eigenvalue weighted by Gasteiger charge is -1.92. The molecule has 2 atom stereocenters. The van der Waals surface area contributed by atoms with E-state index in [0.29, 0.717) is 0 Å². The van der Waals surface area contributed by atoms with E-state index in [9.17, 15) is 4.79 Å². The number of hydrogen-bond donors (Lipinski definition) is 1. The second kappa shape index (κ2) is 2.98. The minimum absolute atomic E-state index is 0.0122. The molecule has 1 heterocycles. The van der Waals surface area contributed by atoms with Crippen LogP contribution in [0.25, 0.3) is 0 Å². The van der Waals surface area contributed by atoms with E-state index in [-0.39, 0.29) is 31.2 Å². The molecule has 0 aromatic heterocycles. The summed E-state index contributed by atoms with van der Waals surface area (Å²) in [5.41, 5.74) is 0. The molecule has 10 heavy (non-hydrogen) atoms. The number of ether oxygens (including phenoxy) is 2. The number of carbonyl (C=O) groups excluding carboxylic acids is 1. The van der Waals surface area contributed by atoms with E-state index in [2.05, 4.69) is 4.74 Å². The molecule has 0 aliphatic carbocycles. The lowest BCUT2D eigenvalue weighted by molar-refractivity contribution is -0.140. The first-order valence-electron chi connectivity index (χ1n) is 3.11. The number of aliphatic hydroxyl groups is 1. The zero-order valence-electron chi connectivity index (χ0n) is 5.74. The lowest BCUT2D eigenvalue weighted by atomic mass is 10.2. The van der Waals surface area contributed by atoms with Gasteiger partial charge in [0.25, 0.3) is 0 Å². The molecule has 1 N–H and O–H groups in total. The quantitative estimate of drug-likeness (QED) is 0.423. The maximum Gasteiger partial charge on any atom is 0.308 e. The van der Waals surface area contributed by atoms with E-state index in [1.165, 1.54) is 7.11 Å². The lowest BCUT2D eigenvalue weighted by Crippen LogP contribution is -2.07. The van der Waals surface area contributed by atoms with Crippen LogP contribution in [0.4, 0.5) is 0 Å². The Morgan fingerprint density at radius 2 is 2.40 bits per heavy atom. The predicted octanol–water partition coefficient (Wildman–Crippen LogP) is -0.691. The van der Waals surface area contributed by atoms with Crippen molar-refractivity contribution in [1.82, 2.24) is 0 Å². The van der Waals surface area contributed by atoms with Gasteiger partial charge in [0.15, 0.2) is 0 Å². The van der Waals surface area contributed by atoms with Crippen molar-refractivity contribution in [2.45, 2.75) is 18.6 Å². The molecule has 1 rings (SSSR count). The third-order valence-electron chi connectivity index (χ3n) is 1.46. The maximum atomic E-state index is 10.5. The van der Waals surface area contributed by atoms with Crippen LogP contribution < -0.4 is 0 Å². The van der Waals surface area contributed by atoms with Crippen molar-refractivity contribution in [3.63, 3.8) is 0 Å². The molecule has 0 aromatic rings. The average Bonchev–Trinajstić information content (AvgIpc) is 2.67. The van der Waals surface area contributed by atoms with Gasteiger partial charge in [0.1, 0.15) is 6.10 Å². The Bertz CT molecular complexity index is 134. The summed E-state index contributed by atoms with van der Waals surface area (Å²) in [7, 11) is 1.33. The van der Waals surface area contributed by atoms with Crippen LogP contribution in [0.5, 0.6) is 0 Å². The van der Waals surface area contributed by atoms with Crippen molar-refractivity contribution < 1.29 is 19.4 Å². The van der Waals surface area contributed by atoms with Crippen LogP contribution in [0.3, 0.4) is 0 Å². The first kappa shape index (κ1) is 7.50. The molecular formula is C6H10O4. The first-order chi connectivity index (χ1) is 4.77. The topological polar surface area (TPSA) is 59.1 Å². The summed E-state index contributed by atoms with van der Waals surface area (Å²) in [5.74, 6) is -0.291. The van der Waals surface area contributed by atoms with Crippen molar-refractivity contribution in [2.24, 2.45) is 0 Å². The zero-order chi connectivity index (χ0) is 7.56. The van der Waals surface area contributed by atoms with Gasteiger partial charge in [-0.05, 0) is 0 Å². The van der Waals surface area contributed by atoms with Crippen LogP contribution in [0.1, 0.15) is 6.42 Å². The highest BCUT2D eigenvalue weighted by Gasteiger charge is 2.39. The Morgan fingerprint density at radius 1 is 1.70 bits per heavy atom. The molecule has 4 nitrogen and oxygen atoms in total. The smallest absolute Gasteiger partial charge is 0.308 e. The van der Waals surface area contributed by atoms with Crippen LogP contribution in [-0.4, -0.2) is 37.0 Å². The van der Waals surface area contributed by atoms with E-state index in [0.717, 1.165) is 0 Å². The highest BCUT2D eigenvalue weighted by atomic mass is 16.6. The third-order valence-corrected chi connectivity index (χ3v) is 1.46. The standard InChI is InChI=1S/C6H10O4/c1-9-6(8)2-4-5(3-7)10-4/h4-5,7H,2-3H2,1H3/t4-,5-/m0/s1. The van der Waals surface area contributed by atoms with Gasteiger partial charge in [-0.3, -0.25) is 4.79 Å². The molecule has 0 amide bonds. The Labute approximate surface area is 58.7 Å². The number of rotatable bonds is 3. The molecule has 0 unspecified atom stereocenters. The zero-order valence-corrected chi connectivity index (χ0v) is 5.74. The number of hydrogen-bond acceptors (Lipinski definition) is 4. The van der Waals surface area contributed by atoms with E-state index < -0.39 is 0 Å². The molecule has 1 saturated heterocycles. The summed E-state index contributed by atoms with van der Waals surface area (Å²) in [4.78, 5) is 10.5. The van der Waals surface area contributed by atoms with Gasteiger partial charge in [-0.15, -0.1) is 0 Å². The fourth-order valence-electron chi connectivity index (χ4n) is 0.767. The molecule has 1 aliphatic heterocycles. The summed E-state index contributed by atoms with van der Waals surface area (Å²) in [6.45, 7) is -0.0122. The van der Waals surface area contributed by atoms with Gasteiger partial charge in [-0.25, -0.2) is 0 Å². The molecule has 1 fully saturated rings. The Kier molecular flexibility index (Phi) is 2.24. The molecule has 0 aromatic carbocycles. The fraction of sp³-hybridized carbons (Fsp3) is 0.833. The molecule has 1 aliphatic rings. The molecular weight excluding hydrogens is 136 g/mol. The van der Waals surface area contributed by atoms with Gasteiger partial charge >= 0.3 is 5.97 Å². The highest BCUT2D eigenvalue weighted by Crippen LogP contribution is 2.24. The molecule has 0 bridgehead atoms. The van der Waals surface area contributed by atoms with Crippen molar-refractivity contribution in [3.05, 3.63) is 0 Å². The number of aliphatic hydroxyl groups excluding tert-OH is 1. The van der Waals surface area contributed by atoms with Crippen molar-refractivity contribution in [1.29, 1.82) is 0 Å². The number of epoxide rings is 1. The summed E-state index contributed by atoms with van der Waals surface area (Å²) in [6.07, 6.45) is -0.00148. The number of esters is 1. The van der Waals surface area contributed by atoms with E-state index in [4.69, 9.17) is 9.84 Å². The summed E-state index contributed by atoms with van der Waals surface area (Å²) < 4.78 is 9.28. The monoisotopic (exact) mass is 146 g/mol. The van der Waals surface area contributed by atoms with Crippen LogP contribution in [0, 0.1) is 0 Å². The fourth-order valence-corrected chi connectivity index (χ4v) is 0.767. The maximum absolute atomic E-state index is 10.5. The average molecular weight is 146 g/mol. The first-order valence-corrected chi connectivity index (χ1v) is 3.11. The molecule has 4 heteroatoms. The minimum atomic E-state index is -0.291. The largest absolute Gasteiger partial charge is 0.469 e. The highest BCUT2D eigenvalue weighted by molar-refractivity contribution is 5.70. The van der Waals surface area contributed by atoms with Crippen LogP contribution in [0.15, 0.2) is 0 Å². The SMILES string of the molecule is COC(=O)C[C@@H]1O[C@H]1CO. The van der Waals surface area contributed by atoms with Gasteiger partial charge in [0, 0.05) is 0 Å². The van der Waals surface area contributed by atoms with Crippen molar-refractivity contribution in [3.8, 4) is 0 Å². The van der Waals surface area contributed by atoms with Gasteiger partial charge in [-0.1, -0.05) is 0 Å². The van der Waals surface area contributed by atoms with Gasteiger partial charge in [0.2, 0.25) is 0 Å². The van der Waals surface area contributed by atoms with Gasteiger partial charge < -0.3 is 14.6 Å². The Hall–Kier alpha value is -0.610. The van der Waals surface area contributed by atoms with Crippen molar-refractivity contribution in [2.75, 3.05) is 13.7 Å². The summed E-state index contributed by atoms with van der Waals surface area (Å²) in [6, 6.07) is 0. The van der Waals surface area contributed by atoms with Crippen LogP contribution >= 0.6 is 0 Å². The van der Waals surface area contributed by atoms with E-state index in [1.54, 1.807) is 0 Å². The molecule has 0 spiro atoms. The molecule has 0 radical (unpaired) electrons. The second-order valence-corrected chi connectivity index (χ2v) is 2.18. The number of methoxy groups -OCH3 is 1. The Balaban J connectivity index is 2.11. The normalized spacial score (nSPS) is 29.8. The summed E-state index contributed by atoms with van der Waals surface area (Å²) in [5, 5.41) is 8.48. The van der Waals surface area contributed by atoms with Crippen LogP contribution in [0.2, 0.25) is 0 Å². The Morgan fingerprint density at radius 3 is 2.80 bits per heavy atom. The van der Waals surface area contributed by atoms with Crippen molar-refractivity contribution >= 4 is 5.97 Å². The van der Waals surface area contributed by atoms with E-state index >= 15 is 0 Å². The van der Waals surface area contributed by atoms with Gasteiger partial charge in [-0.2, -0.15) is 0 Å². The molecule has 0 saturated carbocycles.